The van der Waals surface area contributed by atoms with Crippen LogP contribution in [0.15, 0.2) is 60.7 Å². The normalized spacial score (nSPS) is 16.6. The molecule has 142 valence electrons. The summed E-state index contributed by atoms with van der Waals surface area (Å²) in [5, 5.41) is 0. The fraction of sp³-hybridized carbons (Fsp3) is 0.391. The first kappa shape index (κ1) is 19.2. The zero-order valence-electron chi connectivity index (χ0n) is 16.0. The molecule has 1 heterocycles. The third kappa shape index (κ3) is 5.19. The van der Waals surface area contributed by atoms with Gasteiger partial charge in [-0.3, -0.25) is 9.59 Å². The maximum absolute atomic E-state index is 13.1. The van der Waals surface area contributed by atoms with Gasteiger partial charge in [-0.1, -0.05) is 67.6 Å². The number of carbonyl (C=O) groups is 2. The van der Waals surface area contributed by atoms with E-state index in [4.69, 9.17) is 0 Å². The van der Waals surface area contributed by atoms with Crippen LogP contribution in [0.4, 0.5) is 0 Å². The van der Waals surface area contributed by atoms with Gasteiger partial charge in [-0.25, -0.2) is 0 Å². The van der Waals surface area contributed by atoms with Gasteiger partial charge < -0.3 is 9.80 Å². The number of hydrogen-bond donors (Lipinski definition) is 0. The van der Waals surface area contributed by atoms with Crippen LogP contribution in [0.5, 0.6) is 0 Å². The van der Waals surface area contributed by atoms with Gasteiger partial charge in [0.25, 0.3) is 0 Å². The highest BCUT2D eigenvalue weighted by Crippen LogP contribution is 2.22. The Labute approximate surface area is 161 Å². The lowest BCUT2D eigenvalue weighted by atomic mass is 10.1. The minimum Gasteiger partial charge on any atom is -0.342 e. The summed E-state index contributed by atoms with van der Waals surface area (Å²) in [7, 11) is 0. The van der Waals surface area contributed by atoms with E-state index in [0.717, 1.165) is 24.9 Å². The first-order valence-corrected chi connectivity index (χ1v) is 9.81. The lowest BCUT2D eigenvalue weighted by Crippen LogP contribution is -2.37. The predicted molar refractivity (Wildman–Crippen MR) is 107 cm³/mol. The Morgan fingerprint density at radius 2 is 1.67 bits per heavy atom. The van der Waals surface area contributed by atoms with Crippen molar-refractivity contribution in [2.45, 2.75) is 32.7 Å². The summed E-state index contributed by atoms with van der Waals surface area (Å²) in [6, 6.07) is 20.2. The highest BCUT2D eigenvalue weighted by Gasteiger charge is 2.36. The van der Waals surface area contributed by atoms with Gasteiger partial charge in [0.2, 0.25) is 11.8 Å². The van der Waals surface area contributed by atoms with Crippen molar-refractivity contribution in [3.05, 3.63) is 71.8 Å². The predicted octanol–water partition coefficient (Wildman–Crippen LogP) is 3.52. The van der Waals surface area contributed by atoms with Gasteiger partial charge in [0.15, 0.2) is 0 Å². The van der Waals surface area contributed by atoms with Crippen molar-refractivity contribution < 1.29 is 9.59 Å². The molecule has 2 aromatic carbocycles. The Balaban J connectivity index is 1.59. The van der Waals surface area contributed by atoms with Gasteiger partial charge in [0.1, 0.15) is 0 Å². The summed E-state index contributed by atoms with van der Waals surface area (Å²) in [6.07, 6.45) is 2.08. The quantitative estimate of drug-likeness (QED) is 0.719. The SMILES string of the molecule is CCCN(Cc1ccccc1)C(=O)C1CC(=O)N(CCc2ccccc2)C1. The molecule has 27 heavy (non-hydrogen) atoms. The largest absolute Gasteiger partial charge is 0.342 e. The highest BCUT2D eigenvalue weighted by molar-refractivity contribution is 5.89. The number of likely N-dealkylation sites (tertiary alicyclic amines) is 1. The van der Waals surface area contributed by atoms with Crippen LogP contribution in [0.2, 0.25) is 0 Å². The summed E-state index contributed by atoms with van der Waals surface area (Å²) >= 11 is 0. The highest BCUT2D eigenvalue weighted by atomic mass is 16.2. The number of nitrogens with zero attached hydrogens (tertiary/aromatic N) is 2. The summed E-state index contributed by atoms with van der Waals surface area (Å²) < 4.78 is 0. The van der Waals surface area contributed by atoms with E-state index in [1.165, 1.54) is 5.56 Å². The van der Waals surface area contributed by atoms with E-state index in [0.29, 0.717) is 26.1 Å². The van der Waals surface area contributed by atoms with E-state index in [1.807, 2.05) is 58.3 Å². The lowest BCUT2D eigenvalue weighted by molar-refractivity contribution is -0.136. The summed E-state index contributed by atoms with van der Waals surface area (Å²) in [4.78, 5) is 29.2. The zero-order valence-corrected chi connectivity index (χ0v) is 16.0. The Hall–Kier alpha value is -2.62. The molecule has 0 radical (unpaired) electrons. The van der Waals surface area contributed by atoms with Crippen molar-refractivity contribution >= 4 is 11.8 Å². The van der Waals surface area contributed by atoms with Crippen LogP contribution in [0.3, 0.4) is 0 Å². The molecule has 0 saturated carbocycles. The molecule has 1 fully saturated rings. The minimum absolute atomic E-state index is 0.0976. The summed E-state index contributed by atoms with van der Waals surface area (Å²) in [5.41, 5.74) is 2.35. The van der Waals surface area contributed by atoms with E-state index in [9.17, 15) is 9.59 Å². The maximum Gasteiger partial charge on any atom is 0.228 e. The average Bonchev–Trinajstić information content (AvgIpc) is 3.08. The molecule has 0 bridgehead atoms. The maximum atomic E-state index is 13.1. The van der Waals surface area contributed by atoms with Gasteiger partial charge in [0, 0.05) is 32.6 Å². The van der Waals surface area contributed by atoms with Gasteiger partial charge in [0.05, 0.1) is 5.92 Å². The van der Waals surface area contributed by atoms with Gasteiger partial charge in [-0.2, -0.15) is 0 Å². The molecular formula is C23H28N2O2. The van der Waals surface area contributed by atoms with Crippen molar-refractivity contribution in [2.75, 3.05) is 19.6 Å². The van der Waals surface area contributed by atoms with Crippen LogP contribution in [0.1, 0.15) is 30.9 Å². The van der Waals surface area contributed by atoms with E-state index >= 15 is 0 Å². The molecule has 1 unspecified atom stereocenters. The molecule has 0 N–H and O–H groups in total. The second-order valence-electron chi connectivity index (χ2n) is 7.22. The molecule has 1 aliphatic heterocycles. The summed E-state index contributed by atoms with van der Waals surface area (Å²) in [5.74, 6) is -0.0137. The zero-order chi connectivity index (χ0) is 19.1. The van der Waals surface area contributed by atoms with E-state index in [-0.39, 0.29) is 17.7 Å². The second kappa shape index (κ2) is 9.36. The van der Waals surface area contributed by atoms with Crippen LogP contribution in [-0.2, 0) is 22.6 Å². The topological polar surface area (TPSA) is 40.6 Å². The molecule has 4 nitrogen and oxygen atoms in total. The van der Waals surface area contributed by atoms with Crippen molar-refractivity contribution in [3.8, 4) is 0 Å². The number of benzene rings is 2. The molecular weight excluding hydrogens is 336 g/mol. The second-order valence-corrected chi connectivity index (χ2v) is 7.22. The van der Waals surface area contributed by atoms with Gasteiger partial charge in [-0.05, 0) is 24.0 Å². The Morgan fingerprint density at radius 3 is 2.30 bits per heavy atom. The molecule has 0 aromatic heterocycles. The summed E-state index contributed by atoms with van der Waals surface area (Å²) in [6.45, 7) is 4.64. The monoisotopic (exact) mass is 364 g/mol. The molecule has 3 rings (SSSR count). The molecule has 4 heteroatoms. The Kier molecular flexibility index (Phi) is 6.64. The molecule has 1 aliphatic rings. The Morgan fingerprint density at radius 1 is 1.04 bits per heavy atom. The first-order valence-electron chi connectivity index (χ1n) is 9.81. The van der Waals surface area contributed by atoms with Crippen LogP contribution in [0, 0.1) is 5.92 Å². The molecule has 0 spiro atoms. The van der Waals surface area contributed by atoms with Crippen molar-refractivity contribution in [1.82, 2.24) is 9.80 Å². The smallest absolute Gasteiger partial charge is 0.228 e. The third-order valence-electron chi connectivity index (χ3n) is 5.10. The molecule has 0 aliphatic carbocycles. The number of hydrogen-bond acceptors (Lipinski definition) is 2. The van der Waals surface area contributed by atoms with Crippen LogP contribution >= 0.6 is 0 Å². The van der Waals surface area contributed by atoms with Gasteiger partial charge >= 0.3 is 0 Å². The van der Waals surface area contributed by atoms with E-state index in [2.05, 4.69) is 19.1 Å². The minimum atomic E-state index is -0.219. The standard InChI is InChI=1S/C23H28N2O2/c1-2-14-25(17-20-11-7-4-8-12-20)23(27)21-16-22(26)24(18-21)15-13-19-9-5-3-6-10-19/h3-12,21H,2,13-18H2,1H3. The molecule has 1 atom stereocenters. The number of rotatable bonds is 8. The van der Waals surface area contributed by atoms with Gasteiger partial charge in [-0.15, -0.1) is 0 Å². The first-order chi connectivity index (χ1) is 13.2. The fourth-order valence-corrected chi connectivity index (χ4v) is 3.66. The van der Waals surface area contributed by atoms with Crippen molar-refractivity contribution in [1.29, 1.82) is 0 Å². The lowest BCUT2D eigenvalue weighted by Gasteiger charge is -2.25. The van der Waals surface area contributed by atoms with E-state index < -0.39 is 0 Å². The number of amides is 2. The fourth-order valence-electron chi connectivity index (χ4n) is 3.66. The van der Waals surface area contributed by atoms with E-state index in [1.54, 1.807) is 0 Å². The third-order valence-corrected chi connectivity index (χ3v) is 5.10. The van der Waals surface area contributed by atoms with Crippen molar-refractivity contribution in [2.24, 2.45) is 5.92 Å². The average molecular weight is 364 g/mol. The Bertz CT molecular complexity index is 745. The molecule has 2 amide bonds. The van der Waals surface area contributed by atoms with Crippen LogP contribution in [-0.4, -0.2) is 41.2 Å². The number of carbonyl (C=O) groups excluding carboxylic acids is 2. The van der Waals surface area contributed by atoms with Crippen LogP contribution in [0.25, 0.3) is 0 Å². The van der Waals surface area contributed by atoms with Crippen molar-refractivity contribution in [3.63, 3.8) is 0 Å². The molecule has 2 aromatic rings. The molecule has 1 saturated heterocycles. The van der Waals surface area contributed by atoms with Crippen LogP contribution < -0.4 is 0 Å².